The Morgan fingerprint density at radius 2 is 1.60 bits per heavy atom. The number of sulfone groups is 1. The molecule has 0 saturated heterocycles. The molecule has 20 heavy (non-hydrogen) atoms. The molecule has 0 aliphatic rings. The fourth-order valence-electron chi connectivity index (χ4n) is 1.84. The molecule has 0 amide bonds. The summed E-state index contributed by atoms with van der Waals surface area (Å²) in [5, 5.41) is 3.40. The first-order valence-electron chi connectivity index (χ1n) is 6.31. The van der Waals surface area contributed by atoms with Crippen LogP contribution < -0.4 is 5.32 Å². The van der Waals surface area contributed by atoms with Crippen LogP contribution in [0.3, 0.4) is 0 Å². The van der Waals surface area contributed by atoms with Crippen molar-refractivity contribution in [3.05, 3.63) is 65.2 Å². The SMILES string of the molecule is O=S(=O)(CCNCc1ccccc1)c1ccccc1Cl. The van der Waals surface area contributed by atoms with Gasteiger partial charge in [-0.3, -0.25) is 0 Å². The molecule has 106 valence electrons. The van der Waals surface area contributed by atoms with Crippen LogP contribution in [0.5, 0.6) is 0 Å². The Balaban J connectivity index is 1.89. The molecule has 0 aliphatic heterocycles. The second-order valence-corrected chi connectivity index (χ2v) is 6.90. The van der Waals surface area contributed by atoms with Crippen LogP contribution in [0.25, 0.3) is 0 Å². The predicted molar refractivity (Wildman–Crippen MR) is 81.7 cm³/mol. The molecule has 5 heteroatoms. The lowest BCUT2D eigenvalue weighted by molar-refractivity contribution is 0.590. The molecule has 0 atom stereocenters. The van der Waals surface area contributed by atoms with Crippen LogP contribution in [-0.4, -0.2) is 20.7 Å². The summed E-state index contributed by atoms with van der Waals surface area (Å²) in [7, 11) is -3.34. The van der Waals surface area contributed by atoms with E-state index in [-0.39, 0.29) is 15.7 Å². The molecule has 0 fully saturated rings. The van der Waals surface area contributed by atoms with Gasteiger partial charge >= 0.3 is 0 Å². The molecule has 0 bridgehead atoms. The van der Waals surface area contributed by atoms with Crippen molar-refractivity contribution < 1.29 is 8.42 Å². The highest BCUT2D eigenvalue weighted by Gasteiger charge is 2.16. The number of halogens is 1. The Labute approximate surface area is 124 Å². The number of nitrogens with one attached hydrogen (secondary N) is 1. The van der Waals surface area contributed by atoms with Gasteiger partial charge in [-0.05, 0) is 17.7 Å². The summed E-state index contributed by atoms with van der Waals surface area (Å²) in [4.78, 5) is 0.197. The van der Waals surface area contributed by atoms with Gasteiger partial charge in [0.15, 0.2) is 9.84 Å². The zero-order valence-electron chi connectivity index (χ0n) is 10.9. The molecular formula is C15H16ClNO2S. The van der Waals surface area contributed by atoms with Crippen molar-refractivity contribution in [3.8, 4) is 0 Å². The van der Waals surface area contributed by atoms with Crippen molar-refractivity contribution in [2.75, 3.05) is 12.3 Å². The minimum atomic E-state index is -3.34. The van der Waals surface area contributed by atoms with Gasteiger partial charge in [-0.2, -0.15) is 0 Å². The largest absolute Gasteiger partial charge is 0.312 e. The maximum absolute atomic E-state index is 12.1. The fraction of sp³-hybridized carbons (Fsp3) is 0.200. The molecule has 2 aromatic rings. The van der Waals surface area contributed by atoms with Crippen molar-refractivity contribution >= 4 is 21.4 Å². The summed E-state index contributed by atoms with van der Waals surface area (Å²) < 4.78 is 24.3. The van der Waals surface area contributed by atoms with Gasteiger partial charge in [0.1, 0.15) is 0 Å². The Bertz CT molecular complexity index is 657. The van der Waals surface area contributed by atoms with E-state index in [2.05, 4.69) is 5.32 Å². The molecule has 0 spiro atoms. The van der Waals surface area contributed by atoms with Crippen LogP contribution >= 0.6 is 11.6 Å². The lowest BCUT2D eigenvalue weighted by atomic mass is 10.2. The molecule has 0 saturated carbocycles. The minimum absolute atomic E-state index is 0.0313. The smallest absolute Gasteiger partial charge is 0.181 e. The molecule has 1 N–H and O–H groups in total. The second-order valence-electron chi connectivity index (χ2n) is 4.41. The number of hydrogen-bond acceptors (Lipinski definition) is 3. The van der Waals surface area contributed by atoms with E-state index in [1.807, 2.05) is 30.3 Å². The van der Waals surface area contributed by atoms with E-state index in [4.69, 9.17) is 11.6 Å². The van der Waals surface area contributed by atoms with Crippen molar-refractivity contribution in [1.82, 2.24) is 5.32 Å². The Morgan fingerprint density at radius 1 is 0.950 bits per heavy atom. The van der Waals surface area contributed by atoms with Gasteiger partial charge in [-0.1, -0.05) is 54.1 Å². The second kappa shape index (κ2) is 6.88. The molecule has 0 aliphatic carbocycles. The lowest BCUT2D eigenvalue weighted by Crippen LogP contribution is -2.22. The van der Waals surface area contributed by atoms with Crippen LogP contribution in [0, 0.1) is 0 Å². The Hall–Kier alpha value is -1.36. The average Bonchev–Trinajstić information content (AvgIpc) is 2.45. The molecule has 2 aromatic carbocycles. The van der Waals surface area contributed by atoms with Crippen LogP contribution in [0.4, 0.5) is 0 Å². The van der Waals surface area contributed by atoms with E-state index in [0.717, 1.165) is 5.56 Å². The van der Waals surface area contributed by atoms with Gasteiger partial charge in [0.25, 0.3) is 0 Å². The van der Waals surface area contributed by atoms with Gasteiger partial charge in [-0.15, -0.1) is 0 Å². The van der Waals surface area contributed by atoms with Crippen LogP contribution in [0.1, 0.15) is 5.56 Å². The van der Waals surface area contributed by atoms with Crippen LogP contribution in [0.2, 0.25) is 5.02 Å². The summed E-state index contributed by atoms with van der Waals surface area (Å²) in [5.74, 6) is 0.0313. The van der Waals surface area contributed by atoms with Gasteiger partial charge < -0.3 is 5.32 Å². The maximum atomic E-state index is 12.1. The van der Waals surface area contributed by atoms with Gasteiger partial charge in [0.05, 0.1) is 15.7 Å². The summed E-state index contributed by atoms with van der Waals surface area (Å²) in [6.07, 6.45) is 0. The highest BCUT2D eigenvalue weighted by Crippen LogP contribution is 2.21. The van der Waals surface area contributed by atoms with Crippen molar-refractivity contribution in [1.29, 1.82) is 0 Å². The topological polar surface area (TPSA) is 46.2 Å². The summed E-state index contributed by atoms with van der Waals surface area (Å²) >= 11 is 5.92. The zero-order chi connectivity index (χ0) is 14.4. The average molecular weight is 310 g/mol. The normalized spacial score (nSPS) is 11.4. The quantitative estimate of drug-likeness (QED) is 0.835. The molecule has 3 nitrogen and oxygen atoms in total. The Morgan fingerprint density at radius 3 is 2.30 bits per heavy atom. The number of rotatable bonds is 6. The maximum Gasteiger partial charge on any atom is 0.181 e. The molecular weight excluding hydrogens is 294 g/mol. The highest BCUT2D eigenvalue weighted by atomic mass is 35.5. The molecule has 2 rings (SSSR count). The van der Waals surface area contributed by atoms with Crippen molar-refractivity contribution in [2.24, 2.45) is 0 Å². The van der Waals surface area contributed by atoms with Crippen LogP contribution in [0.15, 0.2) is 59.5 Å². The fourth-order valence-corrected chi connectivity index (χ4v) is 3.61. The third-order valence-electron chi connectivity index (χ3n) is 2.89. The van der Waals surface area contributed by atoms with E-state index < -0.39 is 9.84 Å². The molecule has 0 heterocycles. The van der Waals surface area contributed by atoms with Crippen molar-refractivity contribution in [3.63, 3.8) is 0 Å². The third-order valence-corrected chi connectivity index (χ3v) is 5.10. The minimum Gasteiger partial charge on any atom is -0.312 e. The molecule has 0 unspecified atom stereocenters. The van der Waals surface area contributed by atoms with E-state index >= 15 is 0 Å². The summed E-state index contributed by atoms with van der Waals surface area (Å²) in [6.45, 7) is 1.04. The zero-order valence-corrected chi connectivity index (χ0v) is 12.5. The highest BCUT2D eigenvalue weighted by molar-refractivity contribution is 7.91. The molecule has 0 aromatic heterocycles. The lowest BCUT2D eigenvalue weighted by Gasteiger charge is -2.07. The first-order valence-corrected chi connectivity index (χ1v) is 8.34. The standard InChI is InChI=1S/C15H16ClNO2S/c16-14-8-4-5-9-15(14)20(18,19)11-10-17-12-13-6-2-1-3-7-13/h1-9,17H,10-12H2. The van der Waals surface area contributed by atoms with Crippen LogP contribution in [-0.2, 0) is 16.4 Å². The third kappa shape index (κ3) is 4.07. The van der Waals surface area contributed by atoms with E-state index in [0.29, 0.717) is 13.1 Å². The first-order chi connectivity index (χ1) is 9.59. The first kappa shape index (κ1) is 15.0. The van der Waals surface area contributed by atoms with E-state index in [9.17, 15) is 8.42 Å². The number of benzene rings is 2. The van der Waals surface area contributed by atoms with Gasteiger partial charge in [-0.25, -0.2) is 8.42 Å². The monoisotopic (exact) mass is 309 g/mol. The number of hydrogen-bond donors (Lipinski definition) is 1. The molecule has 0 radical (unpaired) electrons. The summed E-state index contributed by atoms with van der Waals surface area (Å²) in [6, 6.07) is 16.4. The summed E-state index contributed by atoms with van der Waals surface area (Å²) in [5.41, 5.74) is 1.13. The Kier molecular flexibility index (Phi) is 5.17. The van der Waals surface area contributed by atoms with Gasteiger partial charge in [0, 0.05) is 13.1 Å². The predicted octanol–water partition coefficient (Wildman–Crippen LogP) is 2.90. The van der Waals surface area contributed by atoms with Crippen molar-refractivity contribution in [2.45, 2.75) is 11.4 Å². The van der Waals surface area contributed by atoms with E-state index in [1.54, 1.807) is 18.2 Å². The van der Waals surface area contributed by atoms with E-state index in [1.165, 1.54) is 6.07 Å². The van der Waals surface area contributed by atoms with Gasteiger partial charge in [0.2, 0.25) is 0 Å².